The molecule has 0 aliphatic rings. The molecule has 0 unspecified atom stereocenters. The molecule has 0 saturated carbocycles. The van der Waals surface area contributed by atoms with Crippen LogP contribution in [0.25, 0.3) is 0 Å². The van der Waals surface area contributed by atoms with E-state index in [0.717, 1.165) is 11.8 Å². The highest BCUT2D eigenvalue weighted by molar-refractivity contribution is 8.00. The van der Waals surface area contributed by atoms with Crippen LogP contribution in [0.3, 0.4) is 0 Å². The molecule has 1 amide bonds. The van der Waals surface area contributed by atoms with Crippen LogP contribution in [0.2, 0.25) is 0 Å². The van der Waals surface area contributed by atoms with Gasteiger partial charge in [0, 0.05) is 6.54 Å². The van der Waals surface area contributed by atoms with Crippen LogP contribution in [0.1, 0.15) is 0 Å². The summed E-state index contributed by atoms with van der Waals surface area (Å²) in [6.45, 7) is -1.63. The quantitative estimate of drug-likeness (QED) is 0.631. The summed E-state index contributed by atoms with van der Waals surface area (Å²) in [4.78, 5) is 21.1. The minimum absolute atomic E-state index is 0.0391. The Bertz CT molecular complexity index is 260. The Hall–Kier alpha value is -0.960. The first-order valence-electron chi connectivity index (χ1n) is 4.52. The lowest BCUT2D eigenvalue weighted by Crippen LogP contribution is -2.30. The highest BCUT2D eigenvalue weighted by Crippen LogP contribution is 2.13. The van der Waals surface area contributed by atoms with Crippen LogP contribution >= 0.6 is 11.8 Å². The SMILES string of the molecule is O=C(O)CSCC(=O)NCCOCC(F)(F)F. The number of aliphatic carboxylic acids is 1. The second-order valence-corrected chi connectivity index (χ2v) is 3.89. The predicted octanol–water partition coefficient (Wildman–Crippen LogP) is 0.499. The van der Waals surface area contributed by atoms with Gasteiger partial charge in [0.1, 0.15) is 6.61 Å². The van der Waals surface area contributed by atoms with Gasteiger partial charge in [-0.2, -0.15) is 13.2 Å². The van der Waals surface area contributed by atoms with Crippen molar-refractivity contribution in [3.05, 3.63) is 0 Å². The monoisotopic (exact) mass is 275 g/mol. The Kier molecular flexibility index (Phi) is 7.72. The van der Waals surface area contributed by atoms with E-state index in [-0.39, 0.29) is 24.7 Å². The molecule has 0 saturated heterocycles. The smallest absolute Gasteiger partial charge is 0.411 e. The van der Waals surface area contributed by atoms with Crippen molar-refractivity contribution < 1.29 is 32.6 Å². The second kappa shape index (κ2) is 8.18. The second-order valence-electron chi connectivity index (χ2n) is 2.90. The van der Waals surface area contributed by atoms with Crippen LogP contribution in [-0.2, 0) is 14.3 Å². The maximum atomic E-state index is 11.6. The minimum Gasteiger partial charge on any atom is -0.481 e. The summed E-state index contributed by atoms with van der Waals surface area (Å²) in [5, 5.41) is 10.6. The highest BCUT2D eigenvalue weighted by atomic mass is 32.2. The van der Waals surface area contributed by atoms with Crippen molar-refractivity contribution in [2.24, 2.45) is 0 Å². The summed E-state index contributed by atoms with van der Waals surface area (Å²) in [7, 11) is 0. The minimum atomic E-state index is -4.37. The van der Waals surface area contributed by atoms with E-state index in [9.17, 15) is 22.8 Å². The molecule has 100 valence electrons. The average molecular weight is 275 g/mol. The number of rotatable bonds is 8. The lowest BCUT2D eigenvalue weighted by Gasteiger charge is -2.08. The number of carbonyl (C=O) groups excluding carboxylic acids is 1. The van der Waals surface area contributed by atoms with Crippen molar-refractivity contribution in [3.8, 4) is 0 Å². The number of nitrogens with one attached hydrogen (secondary N) is 1. The van der Waals surface area contributed by atoms with E-state index < -0.39 is 24.7 Å². The Morgan fingerprint density at radius 2 is 1.94 bits per heavy atom. The third-order valence-electron chi connectivity index (χ3n) is 1.29. The molecule has 0 aliphatic heterocycles. The van der Waals surface area contributed by atoms with E-state index in [1.165, 1.54) is 0 Å². The van der Waals surface area contributed by atoms with Crippen molar-refractivity contribution >= 4 is 23.6 Å². The molecule has 0 heterocycles. The number of halogens is 3. The fraction of sp³-hybridized carbons (Fsp3) is 0.750. The van der Waals surface area contributed by atoms with Crippen molar-refractivity contribution in [2.75, 3.05) is 31.3 Å². The van der Waals surface area contributed by atoms with Crippen molar-refractivity contribution in [1.82, 2.24) is 5.32 Å². The number of alkyl halides is 3. The van der Waals surface area contributed by atoms with Gasteiger partial charge in [0.05, 0.1) is 18.1 Å². The van der Waals surface area contributed by atoms with Gasteiger partial charge in [-0.25, -0.2) is 0 Å². The van der Waals surface area contributed by atoms with Crippen molar-refractivity contribution in [2.45, 2.75) is 6.18 Å². The lowest BCUT2D eigenvalue weighted by molar-refractivity contribution is -0.173. The fourth-order valence-corrected chi connectivity index (χ4v) is 1.30. The first kappa shape index (κ1) is 16.0. The molecule has 0 aromatic heterocycles. The third kappa shape index (κ3) is 13.0. The molecule has 0 aromatic rings. The van der Waals surface area contributed by atoms with E-state index in [1.807, 2.05) is 0 Å². The Labute approximate surface area is 99.7 Å². The van der Waals surface area contributed by atoms with Crippen LogP contribution in [-0.4, -0.2) is 54.4 Å². The molecule has 0 atom stereocenters. The van der Waals surface area contributed by atoms with Gasteiger partial charge in [-0.15, -0.1) is 11.8 Å². The van der Waals surface area contributed by atoms with E-state index >= 15 is 0 Å². The summed E-state index contributed by atoms with van der Waals surface area (Å²) in [5.74, 6) is -1.72. The normalized spacial score (nSPS) is 11.2. The predicted molar refractivity (Wildman–Crippen MR) is 54.8 cm³/mol. The zero-order valence-corrected chi connectivity index (χ0v) is 9.57. The molecule has 9 heteroatoms. The van der Waals surface area contributed by atoms with Crippen LogP contribution in [0.4, 0.5) is 13.2 Å². The lowest BCUT2D eigenvalue weighted by atomic mass is 10.6. The van der Waals surface area contributed by atoms with Gasteiger partial charge in [0.15, 0.2) is 0 Å². The summed E-state index contributed by atoms with van der Waals surface area (Å²) in [5.41, 5.74) is 0. The van der Waals surface area contributed by atoms with Gasteiger partial charge in [-0.1, -0.05) is 0 Å². The summed E-state index contributed by atoms with van der Waals surface area (Å²) < 4.78 is 39.1. The number of carbonyl (C=O) groups is 2. The molecule has 17 heavy (non-hydrogen) atoms. The van der Waals surface area contributed by atoms with Crippen molar-refractivity contribution in [1.29, 1.82) is 0 Å². The van der Waals surface area contributed by atoms with Gasteiger partial charge < -0.3 is 15.2 Å². The van der Waals surface area contributed by atoms with Crippen LogP contribution in [0.5, 0.6) is 0 Å². The molecule has 0 rings (SSSR count). The molecule has 0 spiro atoms. The number of amides is 1. The molecule has 0 aromatic carbocycles. The molecular weight excluding hydrogens is 263 g/mol. The maximum absolute atomic E-state index is 11.6. The van der Waals surface area contributed by atoms with Gasteiger partial charge in [0.25, 0.3) is 0 Å². The number of hydrogen-bond acceptors (Lipinski definition) is 4. The molecule has 2 N–H and O–H groups in total. The Morgan fingerprint density at radius 1 is 1.29 bits per heavy atom. The molecule has 0 radical (unpaired) electrons. The largest absolute Gasteiger partial charge is 0.481 e. The van der Waals surface area contributed by atoms with E-state index in [0.29, 0.717) is 0 Å². The van der Waals surface area contributed by atoms with E-state index in [4.69, 9.17) is 5.11 Å². The summed E-state index contributed by atoms with van der Waals surface area (Å²) >= 11 is 0.905. The van der Waals surface area contributed by atoms with Gasteiger partial charge in [-0.05, 0) is 0 Å². The number of carboxylic acids is 1. The highest BCUT2D eigenvalue weighted by Gasteiger charge is 2.27. The number of thioether (sulfide) groups is 1. The van der Waals surface area contributed by atoms with Crippen LogP contribution in [0, 0.1) is 0 Å². The molecular formula is C8H12F3NO4S. The number of ether oxygens (including phenoxy) is 1. The average Bonchev–Trinajstić information content (AvgIpc) is 2.14. The fourth-order valence-electron chi connectivity index (χ4n) is 0.733. The molecule has 5 nitrogen and oxygen atoms in total. The van der Waals surface area contributed by atoms with Gasteiger partial charge >= 0.3 is 12.1 Å². The molecule has 0 fully saturated rings. The van der Waals surface area contributed by atoms with E-state index in [2.05, 4.69) is 10.1 Å². The Balaban J connectivity index is 3.37. The third-order valence-corrected chi connectivity index (χ3v) is 2.21. The molecule has 0 aliphatic carbocycles. The van der Waals surface area contributed by atoms with Gasteiger partial charge in [-0.3, -0.25) is 9.59 Å². The van der Waals surface area contributed by atoms with Gasteiger partial charge in [0.2, 0.25) is 5.91 Å². The van der Waals surface area contributed by atoms with Crippen LogP contribution in [0.15, 0.2) is 0 Å². The Morgan fingerprint density at radius 3 is 2.47 bits per heavy atom. The number of carboxylic acid groups (broad SMARTS) is 1. The number of hydrogen-bond donors (Lipinski definition) is 2. The standard InChI is InChI=1S/C8H12F3NO4S/c9-8(10,11)5-16-2-1-12-6(13)3-17-4-7(14)15/h1-5H2,(H,12,13)(H,14,15). The summed E-state index contributed by atoms with van der Waals surface area (Å²) in [6, 6.07) is 0. The van der Waals surface area contributed by atoms with Crippen molar-refractivity contribution in [3.63, 3.8) is 0 Å². The zero-order valence-electron chi connectivity index (χ0n) is 8.75. The topological polar surface area (TPSA) is 75.6 Å². The summed E-state index contributed by atoms with van der Waals surface area (Å²) in [6.07, 6.45) is -4.37. The molecule has 0 bridgehead atoms. The first-order valence-corrected chi connectivity index (χ1v) is 5.67. The zero-order chi connectivity index (χ0) is 13.3. The van der Waals surface area contributed by atoms with E-state index in [1.54, 1.807) is 0 Å². The maximum Gasteiger partial charge on any atom is 0.411 e. The first-order chi connectivity index (χ1) is 7.81. The van der Waals surface area contributed by atoms with Crippen LogP contribution < -0.4 is 5.32 Å².